The lowest BCUT2D eigenvalue weighted by Crippen LogP contribution is -2.28. The van der Waals surface area contributed by atoms with Crippen LogP contribution in [0.2, 0.25) is 5.02 Å². The van der Waals surface area contributed by atoms with Crippen molar-refractivity contribution in [3.05, 3.63) is 97.9 Å². The van der Waals surface area contributed by atoms with Crippen LogP contribution < -0.4 is 21.3 Å². The molecular weight excluding hydrogens is 477 g/mol. The van der Waals surface area contributed by atoms with E-state index in [-0.39, 0.29) is 44.4 Å². The average molecular weight is 490 g/mol. The van der Waals surface area contributed by atoms with Crippen molar-refractivity contribution in [3.8, 4) is 17.9 Å². The molecule has 4 N–H and O–H groups in total. The van der Waals surface area contributed by atoms with Crippen LogP contribution in [0, 0.1) is 28.5 Å². The Bertz CT molecular complexity index is 1630. The number of nitriles is 2. The number of aromatic amines is 1. The molecule has 1 aliphatic heterocycles. The van der Waals surface area contributed by atoms with Crippen LogP contribution in [-0.2, 0) is 0 Å². The molecule has 5 rings (SSSR count). The van der Waals surface area contributed by atoms with Crippen molar-refractivity contribution in [2.24, 2.45) is 5.73 Å². The molecule has 0 aliphatic carbocycles. The van der Waals surface area contributed by atoms with Crippen LogP contribution in [0.5, 0.6) is 5.75 Å². The maximum absolute atomic E-state index is 14.9. The Balaban J connectivity index is 1.81. The molecule has 0 fully saturated rings. The molecule has 0 saturated heterocycles. The molecule has 0 bridgehead atoms. The van der Waals surface area contributed by atoms with Crippen LogP contribution in [0.1, 0.15) is 22.6 Å². The third-order valence-corrected chi connectivity index (χ3v) is 6.88. The molecule has 1 aliphatic rings. The average Bonchev–Trinajstić information content (AvgIpc) is 3.16. The second-order valence-corrected chi connectivity index (χ2v) is 8.80. The fourth-order valence-corrected chi connectivity index (χ4v) is 5.37. The minimum atomic E-state index is -1.19. The number of aromatic nitrogens is 1. The van der Waals surface area contributed by atoms with Crippen LogP contribution in [0.15, 0.2) is 64.8 Å². The third-order valence-electron chi connectivity index (χ3n) is 5.45. The summed E-state index contributed by atoms with van der Waals surface area (Å²) < 4.78 is 21.1. The van der Waals surface area contributed by atoms with Gasteiger partial charge in [0, 0.05) is 16.3 Å². The first-order valence-electron chi connectivity index (χ1n) is 9.91. The Kier molecular flexibility index (Phi) is 5.21. The van der Waals surface area contributed by atoms with E-state index in [1.165, 1.54) is 29.5 Å². The summed E-state index contributed by atoms with van der Waals surface area (Å²) in [5.74, 6) is -2.09. The number of pyridine rings is 1. The molecular formula is C24H13ClFN5O2S. The highest BCUT2D eigenvalue weighted by Crippen LogP contribution is 2.49. The van der Waals surface area contributed by atoms with Gasteiger partial charge in [0.2, 0.25) is 5.88 Å². The largest absolute Gasteiger partial charge is 0.438 e. The first kappa shape index (κ1) is 21.5. The number of ether oxygens (including phenoxy) is 1. The van der Waals surface area contributed by atoms with Gasteiger partial charge in [-0.2, -0.15) is 10.5 Å². The number of hydrogen-bond acceptors (Lipinski definition) is 7. The zero-order valence-corrected chi connectivity index (χ0v) is 18.7. The monoisotopic (exact) mass is 489 g/mol. The minimum Gasteiger partial charge on any atom is -0.438 e. The fraction of sp³-hybridized carbons (Fsp3) is 0.0417. The quantitative estimate of drug-likeness (QED) is 0.362. The van der Waals surface area contributed by atoms with Crippen LogP contribution in [0.3, 0.4) is 0 Å². The minimum absolute atomic E-state index is 0.0118. The highest BCUT2D eigenvalue weighted by molar-refractivity contribution is 7.23. The Hall–Kier alpha value is -4.31. The number of benzene rings is 2. The van der Waals surface area contributed by atoms with Crippen LogP contribution >= 0.6 is 22.9 Å². The number of H-pyrrole nitrogens is 1. The molecule has 0 amide bonds. The lowest BCUT2D eigenvalue weighted by molar-refractivity contribution is 0.396. The van der Waals surface area contributed by atoms with Gasteiger partial charge in [-0.25, -0.2) is 4.39 Å². The molecule has 166 valence electrons. The van der Waals surface area contributed by atoms with E-state index in [1.807, 2.05) is 36.4 Å². The molecule has 1 unspecified atom stereocenters. The van der Waals surface area contributed by atoms with Gasteiger partial charge < -0.3 is 20.8 Å². The van der Waals surface area contributed by atoms with Gasteiger partial charge in [0.1, 0.15) is 34.1 Å². The van der Waals surface area contributed by atoms with Gasteiger partial charge in [-0.05, 0) is 24.3 Å². The standard InChI is InChI=1S/C24H13ClFN5O2S/c25-14-7-4-8-15(26)17(14)16-12(9-27)22(29)33-20-18(16)23(32)31-19-13(10-28)24(34-21(19)20)30-11-5-2-1-3-6-11/h1-8,16,30H,29H2,(H,31,32). The van der Waals surface area contributed by atoms with E-state index < -0.39 is 17.3 Å². The number of rotatable bonds is 3. The summed E-state index contributed by atoms with van der Waals surface area (Å²) in [6.07, 6.45) is 0. The van der Waals surface area contributed by atoms with E-state index in [2.05, 4.69) is 16.4 Å². The third kappa shape index (κ3) is 3.27. The van der Waals surface area contributed by atoms with Crippen molar-refractivity contribution in [3.63, 3.8) is 0 Å². The van der Waals surface area contributed by atoms with E-state index in [0.717, 1.165) is 5.69 Å². The Labute approximate surface area is 201 Å². The van der Waals surface area contributed by atoms with Gasteiger partial charge in [-0.15, -0.1) is 11.3 Å². The van der Waals surface area contributed by atoms with Crippen LogP contribution in [0.25, 0.3) is 10.2 Å². The summed E-state index contributed by atoms with van der Waals surface area (Å²) in [5, 5.41) is 23.3. The van der Waals surface area contributed by atoms with Crippen molar-refractivity contribution in [2.75, 3.05) is 5.32 Å². The van der Waals surface area contributed by atoms with E-state index in [9.17, 15) is 19.7 Å². The zero-order chi connectivity index (χ0) is 24.0. The van der Waals surface area contributed by atoms with Crippen molar-refractivity contribution >= 4 is 43.8 Å². The van der Waals surface area contributed by atoms with Gasteiger partial charge in [0.15, 0.2) is 5.75 Å². The topological polar surface area (TPSA) is 128 Å². The summed E-state index contributed by atoms with van der Waals surface area (Å²) >= 11 is 7.46. The summed E-state index contributed by atoms with van der Waals surface area (Å²) in [4.78, 5) is 16.0. The molecule has 2 aromatic heterocycles. The van der Waals surface area contributed by atoms with Gasteiger partial charge in [0.05, 0.1) is 21.7 Å². The van der Waals surface area contributed by atoms with E-state index in [4.69, 9.17) is 22.1 Å². The van der Waals surface area contributed by atoms with Crippen molar-refractivity contribution in [2.45, 2.75) is 5.92 Å². The Morgan fingerprint density at radius 2 is 1.88 bits per heavy atom. The van der Waals surface area contributed by atoms with Crippen molar-refractivity contribution in [1.29, 1.82) is 10.5 Å². The van der Waals surface area contributed by atoms with Crippen molar-refractivity contribution < 1.29 is 9.13 Å². The van der Waals surface area contributed by atoms with Crippen LogP contribution in [-0.4, -0.2) is 4.98 Å². The molecule has 0 radical (unpaired) electrons. The molecule has 0 spiro atoms. The predicted molar refractivity (Wildman–Crippen MR) is 128 cm³/mol. The Morgan fingerprint density at radius 3 is 2.56 bits per heavy atom. The molecule has 1 atom stereocenters. The van der Waals surface area contributed by atoms with Gasteiger partial charge in [-0.1, -0.05) is 35.9 Å². The number of thiophene rings is 1. The number of allylic oxidation sites excluding steroid dienone is 1. The summed E-state index contributed by atoms with van der Waals surface area (Å²) in [6.45, 7) is 0. The number of hydrogen-bond donors (Lipinski definition) is 3. The van der Waals surface area contributed by atoms with E-state index in [0.29, 0.717) is 9.70 Å². The van der Waals surface area contributed by atoms with Gasteiger partial charge in [-0.3, -0.25) is 4.79 Å². The number of nitrogens with two attached hydrogens (primary N) is 1. The Morgan fingerprint density at radius 1 is 1.12 bits per heavy atom. The first-order valence-corrected chi connectivity index (χ1v) is 11.1. The number of nitrogens with one attached hydrogen (secondary N) is 2. The summed E-state index contributed by atoms with van der Waals surface area (Å²) in [5.41, 5.74) is 6.41. The smallest absolute Gasteiger partial charge is 0.256 e. The molecule has 2 aromatic carbocycles. The molecule has 3 heterocycles. The van der Waals surface area contributed by atoms with Gasteiger partial charge in [0.25, 0.3) is 5.56 Å². The van der Waals surface area contributed by atoms with E-state index in [1.54, 1.807) is 0 Å². The number of nitrogens with zero attached hydrogens (tertiary/aromatic N) is 2. The normalized spacial score (nSPS) is 14.8. The maximum atomic E-state index is 14.9. The van der Waals surface area contributed by atoms with Crippen LogP contribution in [0.4, 0.5) is 15.1 Å². The zero-order valence-electron chi connectivity index (χ0n) is 17.1. The van der Waals surface area contributed by atoms with Crippen molar-refractivity contribution in [1.82, 2.24) is 4.98 Å². The lowest BCUT2D eigenvalue weighted by Gasteiger charge is -2.26. The maximum Gasteiger partial charge on any atom is 0.256 e. The second-order valence-electron chi connectivity index (χ2n) is 7.37. The number of para-hydroxylation sites is 1. The highest BCUT2D eigenvalue weighted by Gasteiger charge is 2.38. The van der Waals surface area contributed by atoms with Gasteiger partial charge >= 0.3 is 0 Å². The molecule has 4 aromatic rings. The number of halogens is 2. The molecule has 34 heavy (non-hydrogen) atoms. The number of fused-ring (bicyclic) bond motifs is 3. The first-order chi connectivity index (χ1) is 16.4. The highest BCUT2D eigenvalue weighted by atomic mass is 35.5. The molecule has 7 nitrogen and oxygen atoms in total. The summed E-state index contributed by atoms with van der Waals surface area (Å²) in [6, 6.07) is 17.3. The summed E-state index contributed by atoms with van der Waals surface area (Å²) in [7, 11) is 0. The molecule has 0 saturated carbocycles. The predicted octanol–water partition coefficient (Wildman–Crippen LogP) is 5.22. The SMILES string of the molecule is N#CC1=C(N)Oc2c(c(=O)[nH]c3c(C#N)c(Nc4ccccc4)sc23)C1c1c(F)cccc1Cl. The molecule has 10 heteroatoms. The second kappa shape index (κ2) is 8.23. The van der Waals surface area contributed by atoms with E-state index >= 15 is 0 Å². The lowest BCUT2D eigenvalue weighted by atomic mass is 9.83. The number of anilines is 2. The fourth-order valence-electron chi connectivity index (χ4n) is 3.97.